The first kappa shape index (κ1) is 20.1. The highest BCUT2D eigenvalue weighted by Crippen LogP contribution is 2.22. The smallest absolute Gasteiger partial charge is 0.287 e. The number of nitrogens with zero attached hydrogens (tertiary/aromatic N) is 3. The van der Waals surface area contributed by atoms with Gasteiger partial charge in [0.15, 0.2) is 5.82 Å². The van der Waals surface area contributed by atoms with E-state index in [1.54, 1.807) is 0 Å². The lowest BCUT2D eigenvalue weighted by Crippen LogP contribution is -2.33. The van der Waals surface area contributed by atoms with Crippen LogP contribution in [-0.2, 0) is 19.5 Å². The maximum atomic E-state index is 13.1. The zero-order valence-electron chi connectivity index (χ0n) is 16.9. The van der Waals surface area contributed by atoms with E-state index in [-0.39, 0.29) is 11.8 Å². The number of imidazole rings is 1. The first-order chi connectivity index (χ1) is 13.7. The van der Waals surface area contributed by atoms with E-state index in [4.69, 9.17) is 0 Å². The Hall–Kier alpha value is -2.63. The van der Waals surface area contributed by atoms with Gasteiger partial charge in [-0.1, -0.05) is 44.2 Å². The van der Waals surface area contributed by atoms with E-state index in [9.17, 15) is 9.59 Å². The Kier molecular flexibility index (Phi) is 6.85. The van der Waals surface area contributed by atoms with Gasteiger partial charge in [-0.2, -0.15) is 0 Å². The van der Waals surface area contributed by atoms with Gasteiger partial charge in [0.25, 0.3) is 11.8 Å². The van der Waals surface area contributed by atoms with Crippen molar-refractivity contribution in [1.29, 1.82) is 0 Å². The minimum absolute atomic E-state index is 0.0449. The number of aromatic nitrogens is 2. The summed E-state index contributed by atoms with van der Waals surface area (Å²) in [6, 6.07) is 9.80. The molecule has 1 aliphatic rings. The van der Waals surface area contributed by atoms with Gasteiger partial charge in [0.05, 0.1) is 5.69 Å². The molecule has 0 saturated heterocycles. The van der Waals surface area contributed by atoms with Crippen molar-refractivity contribution in [3.63, 3.8) is 0 Å². The largest absolute Gasteiger partial charge is 0.345 e. The number of rotatable bonds is 8. The molecule has 6 heteroatoms. The van der Waals surface area contributed by atoms with Gasteiger partial charge in [0.1, 0.15) is 5.69 Å². The molecule has 0 aliphatic carbocycles. The van der Waals surface area contributed by atoms with E-state index < -0.39 is 0 Å². The number of hydrogen-bond donors (Lipinski definition) is 1. The fourth-order valence-corrected chi connectivity index (χ4v) is 3.75. The maximum Gasteiger partial charge on any atom is 0.287 e. The van der Waals surface area contributed by atoms with Crippen molar-refractivity contribution >= 4 is 11.8 Å². The minimum atomic E-state index is -0.219. The molecule has 0 spiro atoms. The fourth-order valence-electron chi connectivity index (χ4n) is 3.75. The van der Waals surface area contributed by atoms with Crippen molar-refractivity contribution in [3.05, 3.63) is 53.1 Å². The molecule has 0 bridgehead atoms. The predicted octanol–water partition coefficient (Wildman–Crippen LogP) is 3.41. The van der Waals surface area contributed by atoms with Crippen molar-refractivity contribution in [1.82, 2.24) is 19.8 Å². The molecule has 2 amide bonds. The molecular weight excluding hydrogens is 352 g/mol. The Morgan fingerprint density at radius 2 is 1.82 bits per heavy atom. The molecule has 2 aromatic rings. The standard InChI is InChI=1S/C22H30N4O2/c1-3-13-25(14-4-2)22(28)19-18-12-8-9-15-26(18)20(24-19)21(27)23-16-17-10-6-5-7-11-17/h5-7,10-11H,3-4,8-9,12-16H2,1-2H3,(H,23,27). The molecule has 6 nitrogen and oxygen atoms in total. The van der Waals surface area contributed by atoms with Crippen LogP contribution in [0.1, 0.15) is 71.9 Å². The number of carbonyl (C=O) groups is 2. The third-order valence-corrected chi connectivity index (χ3v) is 5.09. The van der Waals surface area contributed by atoms with Gasteiger partial charge in [0, 0.05) is 26.2 Å². The highest BCUT2D eigenvalue weighted by Gasteiger charge is 2.29. The summed E-state index contributed by atoms with van der Waals surface area (Å²) < 4.78 is 1.95. The zero-order chi connectivity index (χ0) is 19.9. The normalized spacial score (nSPS) is 13.1. The van der Waals surface area contributed by atoms with Crippen LogP contribution >= 0.6 is 0 Å². The maximum absolute atomic E-state index is 13.1. The number of nitrogens with one attached hydrogen (secondary N) is 1. The Bertz CT molecular complexity index is 807. The second kappa shape index (κ2) is 9.53. The number of hydrogen-bond acceptors (Lipinski definition) is 3. The Morgan fingerprint density at radius 1 is 1.11 bits per heavy atom. The van der Waals surface area contributed by atoms with Crippen molar-refractivity contribution in [3.8, 4) is 0 Å². The Labute approximate surface area is 166 Å². The van der Waals surface area contributed by atoms with Gasteiger partial charge in [0.2, 0.25) is 0 Å². The lowest BCUT2D eigenvalue weighted by Gasteiger charge is -2.22. The van der Waals surface area contributed by atoms with Crippen LogP contribution in [0.15, 0.2) is 30.3 Å². The summed E-state index contributed by atoms with van der Waals surface area (Å²) in [6.07, 6.45) is 4.65. The van der Waals surface area contributed by atoms with Crippen LogP contribution in [0.3, 0.4) is 0 Å². The van der Waals surface area contributed by atoms with Crippen LogP contribution in [0.5, 0.6) is 0 Å². The average Bonchev–Trinajstić information content (AvgIpc) is 3.12. The van der Waals surface area contributed by atoms with E-state index in [0.29, 0.717) is 31.2 Å². The Morgan fingerprint density at radius 3 is 2.50 bits per heavy atom. The molecule has 1 aliphatic heterocycles. The van der Waals surface area contributed by atoms with Crippen LogP contribution in [0.2, 0.25) is 0 Å². The third kappa shape index (κ3) is 4.43. The molecule has 150 valence electrons. The molecule has 0 unspecified atom stereocenters. The lowest BCUT2D eigenvalue weighted by molar-refractivity contribution is 0.0748. The zero-order valence-corrected chi connectivity index (χ0v) is 16.9. The number of fused-ring (bicyclic) bond motifs is 1. The molecule has 3 rings (SSSR count). The molecule has 28 heavy (non-hydrogen) atoms. The Balaban J connectivity index is 1.84. The molecule has 1 aromatic heterocycles. The summed E-state index contributed by atoms with van der Waals surface area (Å²) in [5, 5.41) is 2.95. The fraction of sp³-hybridized carbons (Fsp3) is 0.500. The predicted molar refractivity (Wildman–Crippen MR) is 109 cm³/mol. The van der Waals surface area contributed by atoms with Crippen molar-refractivity contribution in [2.45, 2.75) is 59.0 Å². The monoisotopic (exact) mass is 382 g/mol. The summed E-state index contributed by atoms with van der Waals surface area (Å²) >= 11 is 0. The van der Waals surface area contributed by atoms with Gasteiger partial charge < -0.3 is 14.8 Å². The highest BCUT2D eigenvalue weighted by molar-refractivity contribution is 5.97. The van der Waals surface area contributed by atoms with E-state index >= 15 is 0 Å². The van der Waals surface area contributed by atoms with Gasteiger partial charge in [-0.05, 0) is 37.7 Å². The topological polar surface area (TPSA) is 67.2 Å². The summed E-state index contributed by atoms with van der Waals surface area (Å²) in [5.74, 6) is 0.0990. The van der Waals surface area contributed by atoms with Gasteiger partial charge in [-0.3, -0.25) is 9.59 Å². The van der Waals surface area contributed by atoms with Crippen LogP contribution in [0.4, 0.5) is 0 Å². The number of carbonyl (C=O) groups excluding carboxylic acids is 2. The van der Waals surface area contributed by atoms with Crippen molar-refractivity contribution in [2.24, 2.45) is 0 Å². The molecular formula is C22H30N4O2. The van der Waals surface area contributed by atoms with Crippen molar-refractivity contribution < 1.29 is 9.59 Å². The van der Waals surface area contributed by atoms with E-state index in [2.05, 4.69) is 24.1 Å². The minimum Gasteiger partial charge on any atom is -0.345 e. The second-order valence-electron chi connectivity index (χ2n) is 7.30. The molecule has 2 heterocycles. The summed E-state index contributed by atoms with van der Waals surface area (Å²) in [4.78, 5) is 32.4. The van der Waals surface area contributed by atoms with Crippen LogP contribution < -0.4 is 5.32 Å². The van der Waals surface area contributed by atoms with Gasteiger partial charge in [-0.25, -0.2) is 4.98 Å². The second-order valence-corrected chi connectivity index (χ2v) is 7.30. The van der Waals surface area contributed by atoms with Crippen LogP contribution in [-0.4, -0.2) is 39.4 Å². The van der Waals surface area contributed by atoms with E-state index in [0.717, 1.165) is 49.9 Å². The SMILES string of the molecule is CCCN(CCC)C(=O)c1nc(C(=O)NCc2ccccc2)n2c1CCCC2. The molecule has 1 aromatic carbocycles. The lowest BCUT2D eigenvalue weighted by atomic mass is 10.1. The van der Waals surface area contributed by atoms with Crippen LogP contribution in [0, 0.1) is 0 Å². The third-order valence-electron chi connectivity index (χ3n) is 5.09. The van der Waals surface area contributed by atoms with Crippen molar-refractivity contribution in [2.75, 3.05) is 13.1 Å². The first-order valence-corrected chi connectivity index (χ1v) is 10.4. The van der Waals surface area contributed by atoms with Crippen LogP contribution in [0.25, 0.3) is 0 Å². The van der Waals surface area contributed by atoms with Gasteiger partial charge in [-0.15, -0.1) is 0 Å². The molecule has 0 saturated carbocycles. The molecule has 1 N–H and O–H groups in total. The quantitative estimate of drug-likeness (QED) is 0.761. The van der Waals surface area contributed by atoms with E-state index in [1.165, 1.54) is 0 Å². The number of benzene rings is 1. The molecule has 0 atom stereocenters. The molecule has 0 radical (unpaired) electrons. The highest BCUT2D eigenvalue weighted by atomic mass is 16.2. The summed E-state index contributed by atoms with van der Waals surface area (Å²) in [6.45, 7) is 6.76. The van der Waals surface area contributed by atoms with Gasteiger partial charge >= 0.3 is 0 Å². The molecule has 0 fully saturated rings. The summed E-state index contributed by atoms with van der Waals surface area (Å²) in [5.41, 5.74) is 2.42. The van der Waals surface area contributed by atoms with E-state index in [1.807, 2.05) is 39.8 Å². The first-order valence-electron chi connectivity index (χ1n) is 10.4. The summed E-state index contributed by atoms with van der Waals surface area (Å²) in [7, 11) is 0. The average molecular weight is 383 g/mol. The number of amides is 2.